The molecule has 1 saturated heterocycles. The van der Waals surface area contributed by atoms with E-state index in [1.54, 1.807) is 48.5 Å². The van der Waals surface area contributed by atoms with Gasteiger partial charge in [0.15, 0.2) is 0 Å². The van der Waals surface area contributed by atoms with Crippen LogP contribution in [0, 0.1) is 0 Å². The van der Waals surface area contributed by atoms with E-state index in [0.717, 1.165) is 11.1 Å². The minimum absolute atomic E-state index is 0.0192. The van der Waals surface area contributed by atoms with Crippen molar-refractivity contribution < 1.29 is 32.2 Å². The fraction of sp³-hybridized carbons (Fsp3) is 0.364. The van der Waals surface area contributed by atoms with Gasteiger partial charge in [0, 0.05) is 13.1 Å². The molecule has 9 nitrogen and oxygen atoms in total. The number of nitrogens with zero attached hydrogens (tertiary/aromatic N) is 1. The first-order chi connectivity index (χ1) is 15.4. The van der Waals surface area contributed by atoms with E-state index >= 15 is 0 Å². The maximum Gasteiger partial charge on any atom is 0.408 e. The molecule has 1 heterocycles. The molecule has 1 fully saturated rings. The lowest BCUT2D eigenvalue weighted by atomic mass is 10.2. The van der Waals surface area contributed by atoms with Crippen molar-refractivity contribution in [2.75, 3.05) is 32.1 Å². The van der Waals surface area contributed by atoms with Crippen LogP contribution in [0.1, 0.15) is 11.1 Å². The lowest BCUT2D eigenvalue weighted by Crippen LogP contribution is -2.51. The first-order valence-electron chi connectivity index (χ1n) is 10.2. The highest BCUT2D eigenvalue weighted by Crippen LogP contribution is 2.10. The van der Waals surface area contributed by atoms with Gasteiger partial charge in [-0.15, -0.1) is 0 Å². The topological polar surface area (TPSA) is 111 Å². The first kappa shape index (κ1) is 23.7. The molecule has 172 valence electrons. The molecule has 1 aliphatic heterocycles. The molecule has 0 saturated carbocycles. The molecule has 2 aromatic rings. The lowest BCUT2D eigenvalue weighted by Gasteiger charge is -2.27. The summed E-state index contributed by atoms with van der Waals surface area (Å²) in [6.45, 7) is 0.853. The number of hydrogen-bond acceptors (Lipinski definition) is 7. The van der Waals surface area contributed by atoms with Crippen LogP contribution in [0.15, 0.2) is 60.7 Å². The second-order valence-electron chi connectivity index (χ2n) is 7.14. The van der Waals surface area contributed by atoms with Gasteiger partial charge in [0.1, 0.15) is 19.3 Å². The Hall–Kier alpha value is -2.95. The van der Waals surface area contributed by atoms with E-state index in [1.807, 2.05) is 12.1 Å². The van der Waals surface area contributed by atoms with Crippen LogP contribution in [0.2, 0.25) is 0 Å². The van der Waals surface area contributed by atoms with Gasteiger partial charge < -0.3 is 19.5 Å². The van der Waals surface area contributed by atoms with Crippen molar-refractivity contribution >= 4 is 22.1 Å². The van der Waals surface area contributed by atoms with Crippen molar-refractivity contribution in [3.63, 3.8) is 0 Å². The van der Waals surface area contributed by atoms with Crippen LogP contribution in [-0.4, -0.2) is 62.9 Å². The van der Waals surface area contributed by atoms with E-state index in [9.17, 15) is 18.0 Å². The van der Waals surface area contributed by atoms with Crippen LogP contribution < -0.4 is 5.32 Å². The lowest BCUT2D eigenvalue weighted by molar-refractivity contribution is -0.146. The Morgan fingerprint density at radius 2 is 1.44 bits per heavy atom. The summed E-state index contributed by atoms with van der Waals surface area (Å²) >= 11 is 0. The normalized spacial score (nSPS) is 15.5. The third-order valence-electron chi connectivity index (χ3n) is 4.75. The van der Waals surface area contributed by atoms with Crippen LogP contribution in [0.3, 0.4) is 0 Å². The van der Waals surface area contributed by atoms with Gasteiger partial charge in [0.2, 0.25) is 10.0 Å². The van der Waals surface area contributed by atoms with Crippen molar-refractivity contribution in [2.24, 2.45) is 0 Å². The fourth-order valence-electron chi connectivity index (χ4n) is 3.05. The van der Waals surface area contributed by atoms with E-state index in [1.165, 1.54) is 4.31 Å². The Bertz CT molecular complexity index is 978. The highest BCUT2D eigenvalue weighted by molar-refractivity contribution is 7.89. The number of benzene rings is 2. The molecule has 2 aromatic carbocycles. The number of rotatable bonds is 9. The van der Waals surface area contributed by atoms with Gasteiger partial charge in [0.25, 0.3) is 0 Å². The van der Waals surface area contributed by atoms with E-state index in [2.05, 4.69) is 5.32 Å². The molecule has 0 aliphatic carbocycles. The summed E-state index contributed by atoms with van der Waals surface area (Å²) in [7, 11) is -3.84. The highest BCUT2D eigenvalue weighted by Gasteiger charge is 2.33. The minimum atomic E-state index is -3.84. The van der Waals surface area contributed by atoms with Gasteiger partial charge in [-0.25, -0.2) is 18.0 Å². The van der Waals surface area contributed by atoms with Gasteiger partial charge in [-0.2, -0.15) is 4.31 Å². The molecule has 10 heteroatoms. The Kier molecular flexibility index (Phi) is 8.60. The molecule has 32 heavy (non-hydrogen) atoms. The molecule has 1 aliphatic rings. The molecule has 3 rings (SSSR count). The average molecular weight is 463 g/mol. The zero-order valence-electron chi connectivity index (χ0n) is 17.5. The van der Waals surface area contributed by atoms with Crippen LogP contribution in [0.25, 0.3) is 0 Å². The zero-order valence-corrected chi connectivity index (χ0v) is 18.3. The van der Waals surface area contributed by atoms with Crippen molar-refractivity contribution in [2.45, 2.75) is 19.3 Å². The van der Waals surface area contributed by atoms with Crippen molar-refractivity contribution in [1.82, 2.24) is 9.62 Å². The van der Waals surface area contributed by atoms with E-state index in [4.69, 9.17) is 14.2 Å². The summed E-state index contributed by atoms with van der Waals surface area (Å²) in [6, 6.07) is 16.5. The molecule has 0 aromatic heterocycles. The summed E-state index contributed by atoms with van der Waals surface area (Å²) in [6.07, 6.45) is -0.910. The number of nitrogens with one attached hydrogen (secondary N) is 1. The second kappa shape index (κ2) is 11.6. The summed E-state index contributed by atoms with van der Waals surface area (Å²) in [5.41, 5.74) is 1.49. The van der Waals surface area contributed by atoms with E-state index in [-0.39, 0.29) is 39.5 Å². The monoisotopic (exact) mass is 462 g/mol. The predicted octanol–water partition coefficient (Wildman–Crippen LogP) is 1.69. The first-order valence-corrected chi connectivity index (χ1v) is 11.8. The smallest absolute Gasteiger partial charge is 0.408 e. The number of ether oxygens (including phenoxy) is 3. The molecule has 0 unspecified atom stereocenters. The van der Waals surface area contributed by atoms with Crippen molar-refractivity contribution in [3.8, 4) is 0 Å². The molecule has 1 atom stereocenters. The summed E-state index contributed by atoms with van der Waals surface area (Å²) in [4.78, 5) is 25.0. The Morgan fingerprint density at radius 3 is 2.00 bits per heavy atom. The Labute approximate surface area is 187 Å². The molecular weight excluding hydrogens is 436 g/mol. The number of alkyl carbamates (subject to hydrolysis) is 1. The highest BCUT2D eigenvalue weighted by atomic mass is 32.2. The molecule has 0 spiro atoms. The van der Waals surface area contributed by atoms with Crippen molar-refractivity contribution in [3.05, 3.63) is 71.8 Å². The SMILES string of the molecule is O=C(N[C@@H](CS(=O)(=O)N1CCOCC1)C(=O)OCc1ccccc1)OCc1ccccc1. The van der Waals surface area contributed by atoms with Gasteiger partial charge >= 0.3 is 12.1 Å². The summed E-state index contributed by atoms with van der Waals surface area (Å²) < 4.78 is 42.5. The van der Waals surface area contributed by atoms with Gasteiger partial charge in [0.05, 0.1) is 19.0 Å². The molecule has 0 radical (unpaired) electrons. The van der Waals surface area contributed by atoms with Gasteiger partial charge in [-0.3, -0.25) is 0 Å². The number of carbonyl (C=O) groups is 2. The van der Waals surface area contributed by atoms with Gasteiger partial charge in [-0.05, 0) is 11.1 Å². The summed E-state index contributed by atoms with van der Waals surface area (Å²) in [5, 5.41) is 2.35. The third-order valence-corrected chi connectivity index (χ3v) is 6.66. The fourth-order valence-corrected chi connectivity index (χ4v) is 4.60. The molecule has 1 N–H and O–H groups in total. The maximum atomic E-state index is 12.8. The predicted molar refractivity (Wildman–Crippen MR) is 116 cm³/mol. The molecule has 1 amide bonds. The van der Waals surface area contributed by atoms with E-state index < -0.39 is 33.9 Å². The maximum absolute atomic E-state index is 12.8. The number of esters is 1. The van der Waals surface area contributed by atoms with Crippen molar-refractivity contribution in [1.29, 1.82) is 0 Å². The van der Waals surface area contributed by atoms with E-state index in [0.29, 0.717) is 0 Å². The van der Waals surface area contributed by atoms with Gasteiger partial charge in [-0.1, -0.05) is 60.7 Å². The quantitative estimate of drug-likeness (QED) is 0.565. The Balaban J connectivity index is 1.64. The minimum Gasteiger partial charge on any atom is -0.459 e. The standard InChI is InChI=1S/C22H26N2O7S/c25-21(30-15-18-7-3-1-4-8-18)20(17-32(27,28)24-11-13-29-14-12-24)23-22(26)31-16-19-9-5-2-6-10-19/h1-10,20H,11-17H2,(H,23,26)/t20-/m0/s1. The number of hydrogen-bond donors (Lipinski definition) is 1. The molecule has 0 bridgehead atoms. The second-order valence-corrected chi connectivity index (χ2v) is 9.16. The van der Waals surface area contributed by atoms with Crippen LogP contribution in [0.4, 0.5) is 4.79 Å². The summed E-state index contributed by atoms with van der Waals surface area (Å²) in [5.74, 6) is -1.50. The number of sulfonamides is 1. The third kappa shape index (κ3) is 7.33. The average Bonchev–Trinajstić information content (AvgIpc) is 2.82. The zero-order chi connectivity index (χ0) is 22.8. The van der Waals surface area contributed by atoms with Crippen LogP contribution in [0.5, 0.6) is 0 Å². The molecular formula is C22H26N2O7S. The number of carbonyl (C=O) groups excluding carboxylic acids is 2. The number of amides is 1. The van der Waals surface area contributed by atoms with Crippen LogP contribution >= 0.6 is 0 Å². The van der Waals surface area contributed by atoms with Crippen LogP contribution in [-0.2, 0) is 42.2 Å². The number of morpholine rings is 1. The Morgan fingerprint density at radius 1 is 0.906 bits per heavy atom. The largest absolute Gasteiger partial charge is 0.459 e.